The Morgan fingerprint density at radius 2 is 1.95 bits per heavy atom. The fraction of sp³-hybridized carbons (Fsp3) is 0.647. The van der Waals surface area contributed by atoms with Gasteiger partial charge in [-0.05, 0) is 70.0 Å². The van der Waals surface area contributed by atoms with Crippen LogP contribution in [0.3, 0.4) is 0 Å². The van der Waals surface area contributed by atoms with Crippen LogP contribution in [0, 0.1) is 17.7 Å². The molecule has 0 amide bonds. The second-order valence-corrected chi connectivity index (χ2v) is 7.41. The maximum atomic E-state index is 14.0. The highest BCUT2D eigenvalue weighted by Gasteiger charge is 2.29. The Morgan fingerprint density at radius 3 is 2.65 bits per heavy atom. The first kappa shape index (κ1) is 15.8. The van der Waals surface area contributed by atoms with E-state index < -0.39 is 0 Å². The summed E-state index contributed by atoms with van der Waals surface area (Å²) in [6.45, 7) is 7.59. The predicted molar refractivity (Wildman–Crippen MR) is 83.7 cm³/mol. The molecule has 1 N–H and O–H groups in total. The van der Waals surface area contributed by atoms with Crippen LogP contribution in [0.5, 0.6) is 0 Å². The van der Waals surface area contributed by atoms with Gasteiger partial charge in [-0.2, -0.15) is 0 Å². The van der Waals surface area contributed by atoms with Crippen LogP contribution in [0.15, 0.2) is 18.2 Å². The van der Waals surface area contributed by atoms with Crippen molar-refractivity contribution in [3.05, 3.63) is 34.6 Å². The molecule has 112 valence electrons. The summed E-state index contributed by atoms with van der Waals surface area (Å²) in [5.41, 5.74) is 0.916. The molecule has 0 radical (unpaired) electrons. The Bertz CT molecular complexity index is 453. The Kier molecular flexibility index (Phi) is 5.09. The van der Waals surface area contributed by atoms with E-state index in [9.17, 15) is 4.39 Å². The van der Waals surface area contributed by atoms with Crippen LogP contribution in [0.4, 0.5) is 4.39 Å². The normalized spacial score (nSPS) is 23.2. The van der Waals surface area contributed by atoms with Crippen molar-refractivity contribution in [3.8, 4) is 0 Å². The lowest BCUT2D eigenvalue weighted by atomic mass is 9.89. The van der Waals surface area contributed by atoms with E-state index in [-0.39, 0.29) is 16.4 Å². The molecule has 1 aromatic rings. The molecule has 1 saturated carbocycles. The summed E-state index contributed by atoms with van der Waals surface area (Å²) in [6.07, 6.45) is 4.50. The first-order valence-corrected chi connectivity index (χ1v) is 7.92. The summed E-state index contributed by atoms with van der Waals surface area (Å²) < 4.78 is 14.0. The van der Waals surface area contributed by atoms with Gasteiger partial charge in [-0.15, -0.1) is 0 Å². The molecule has 2 atom stereocenters. The molecule has 0 spiro atoms. The van der Waals surface area contributed by atoms with Crippen molar-refractivity contribution >= 4 is 11.6 Å². The molecule has 1 fully saturated rings. The molecule has 1 aromatic carbocycles. The van der Waals surface area contributed by atoms with Crippen LogP contribution in [0.25, 0.3) is 0 Å². The summed E-state index contributed by atoms with van der Waals surface area (Å²) in [4.78, 5) is 0. The second kappa shape index (κ2) is 6.44. The van der Waals surface area contributed by atoms with Gasteiger partial charge in [0.05, 0.1) is 5.02 Å². The highest BCUT2D eigenvalue weighted by Crippen LogP contribution is 2.35. The van der Waals surface area contributed by atoms with E-state index >= 15 is 0 Å². The molecule has 0 heterocycles. The van der Waals surface area contributed by atoms with Gasteiger partial charge in [0, 0.05) is 5.54 Å². The van der Waals surface area contributed by atoms with Gasteiger partial charge in [0.2, 0.25) is 0 Å². The van der Waals surface area contributed by atoms with Gasteiger partial charge in [0.1, 0.15) is 5.82 Å². The fourth-order valence-electron chi connectivity index (χ4n) is 3.08. The second-order valence-electron chi connectivity index (χ2n) is 7.00. The van der Waals surface area contributed by atoms with Crippen molar-refractivity contribution in [1.29, 1.82) is 0 Å². The molecule has 0 bridgehead atoms. The van der Waals surface area contributed by atoms with Gasteiger partial charge in [0.25, 0.3) is 0 Å². The smallest absolute Gasteiger partial charge is 0.144 e. The van der Waals surface area contributed by atoms with Crippen molar-refractivity contribution in [2.75, 3.05) is 6.54 Å². The summed E-state index contributed by atoms with van der Waals surface area (Å²) >= 11 is 5.87. The average molecular weight is 298 g/mol. The van der Waals surface area contributed by atoms with E-state index in [1.807, 2.05) is 12.1 Å². The van der Waals surface area contributed by atoms with Gasteiger partial charge >= 0.3 is 0 Å². The zero-order valence-electron chi connectivity index (χ0n) is 12.7. The molecule has 0 aromatic heterocycles. The maximum absolute atomic E-state index is 14.0. The van der Waals surface area contributed by atoms with Gasteiger partial charge in [0.15, 0.2) is 0 Å². The number of halogens is 2. The van der Waals surface area contributed by atoms with Crippen molar-refractivity contribution in [3.63, 3.8) is 0 Å². The molecule has 3 heteroatoms. The summed E-state index contributed by atoms with van der Waals surface area (Å²) in [5.74, 6) is 0.981. The summed E-state index contributed by atoms with van der Waals surface area (Å²) in [7, 11) is 0. The van der Waals surface area contributed by atoms with Crippen LogP contribution in [-0.4, -0.2) is 12.1 Å². The van der Waals surface area contributed by atoms with Crippen molar-refractivity contribution in [1.82, 2.24) is 5.32 Å². The molecule has 1 aliphatic rings. The minimum absolute atomic E-state index is 0.147. The Hall–Kier alpha value is -0.600. The first-order valence-electron chi connectivity index (χ1n) is 7.55. The SMILES string of the molecule is CC(C)(C)NCC1CCCC1Cc1cccc(Cl)c1F. The summed E-state index contributed by atoms with van der Waals surface area (Å²) in [5, 5.41) is 3.83. The van der Waals surface area contributed by atoms with Crippen LogP contribution < -0.4 is 5.32 Å². The van der Waals surface area contributed by atoms with Crippen LogP contribution in [0.2, 0.25) is 5.02 Å². The summed E-state index contributed by atoms with van der Waals surface area (Å²) in [6, 6.07) is 5.33. The number of nitrogens with one attached hydrogen (secondary N) is 1. The van der Waals surface area contributed by atoms with E-state index in [0.29, 0.717) is 11.8 Å². The third kappa shape index (κ3) is 4.20. The molecule has 20 heavy (non-hydrogen) atoms. The van der Waals surface area contributed by atoms with Gasteiger partial charge < -0.3 is 5.32 Å². The lowest BCUT2D eigenvalue weighted by molar-refractivity contribution is 0.315. The van der Waals surface area contributed by atoms with E-state index in [2.05, 4.69) is 26.1 Å². The molecular weight excluding hydrogens is 273 g/mol. The number of rotatable bonds is 4. The molecular formula is C17H25ClFN. The zero-order valence-corrected chi connectivity index (χ0v) is 13.4. The van der Waals surface area contributed by atoms with Crippen molar-refractivity contribution in [2.45, 2.75) is 52.0 Å². The Labute approximate surface area is 126 Å². The molecule has 2 unspecified atom stereocenters. The van der Waals surface area contributed by atoms with Crippen LogP contribution >= 0.6 is 11.6 Å². The maximum Gasteiger partial charge on any atom is 0.144 e. The lowest BCUT2D eigenvalue weighted by Gasteiger charge is -2.26. The third-order valence-corrected chi connectivity index (χ3v) is 4.52. The van der Waals surface area contributed by atoms with Gasteiger partial charge in [-0.25, -0.2) is 4.39 Å². The standard InChI is InChI=1S/C17H25ClFN/c1-17(2,3)20-11-14-8-4-6-12(14)10-13-7-5-9-15(18)16(13)19/h5,7,9,12,14,20H,4,6,8,10-11H2,1-3H3. The third-order valence-electron chi connectivity index (χ3n) is 4.22. The van der Waals surface area contributed by atoms with E-state index in [0.717, 1.165) is 18.5 Å². The van der Waals surface area contributed by atoms with Crippen LogP contribution in [0.1, 0.15) is 45.6 Å². The van der Waals surface area contributed by atoms with E-state index in [1.165, 1.54) is 19.3 Å². The van der Waals surface area contributed by atoms with Gasteiger partial charge in [-0.3, -0.25) is 0 Å². The molecule has 1 nitrogen and oxygen atoms in total. The topological polar surface area (TPSA) is 12.0 Å². The van der Waals surface area contributed by atoms with Gasteiger partial charge in [-0.1, -0.05) is 30.2 Å². The highest BCUT2D eigenvalue weighted by molar-refractivity contribution is 6.30. The predicted octanol–water partition coefficient (Wildman–Crippen LogP) is 4.83. The Morgan fingerprint density at radius 1 is 1.25 bits per heavy atom. The first-order chi connectivity index (χ1) is 9.37. The largest absolute Gasteiger partial charge is 0.312 e. The lowest BCUT2D eigenvalue weighted by Crippen LogP contribution is -2.40. The monoisotopic (exact) mass is 297 g/mol. The van der Waals surface area contributed by atoms with E-state index in [4.69, 9.17) is 11.6 Å². The molecule has 0 saturated heterocycles. The van der Waals surface area contributed by atoms with Crippen LogP contribution in [-0.2, 0) is 6.42 Å². The fourth-order valence-corrected chi connectivity index (χ4v) is 3.27. The minimum Gasteiger partial charge on any atom is -0.312 e. The quantitative estimate of drug-likeness (QED) is 0.839. The zero-order chi connectivity index (χ0) is 14.8. The number of hydrogen-bond donors (Lipinski definition) is 1. The van der Waals surface area contributed by atoms with Crippen molar-refractivity contribution < 1.29 is 4.39 Å². The minimum atomic E-state index is -0.233. The average Bonchev–Trinajstić information content (AvgIpc) is 2.79. The molecule has 1 aliphatic carbocycles. The number of hydrogen-bond acceptors (Lipinski definition) is 1. The molecule has 2 rings (SSSR count). The number of benzene rings is 1. The van der Waals surface area contributed by atoms with E-state index in [1.54, 1.807) is 6.07 Å². The highest BCUT2D eigenvalue weighted by atomic mass is 35.5. The molecule has 0 aliphatic heterocycles. The Balaban J connectivity index is 1.99. The van der Waals surface area contributed by atoms with Crippen molar-refractivity contribution in [2.24, 2.45) is 11.8 Å².